The summed E-state index contributed by atoms with van der Waals surface area (Å²) in [6.07, 6.45) is 3.35. The third-order valence-electron chi connectivity index (χ3n) is 4.33. The SMILES string of the molecule is Cc1ccc(C)c(N(C(=O)c2ccc(Oc3cccnc3)cc2)C(C)C)c1. The Labute approximate surface area is 160 Å². The van der Waals surface area contributed by atoms with Gasteiger partial charge in [-0.25, -0.2) is 0 Å². The highest BCUT2D eigenvalue weighted by Crippen LogP contribution is 2.27. The second-order valence-electron chi connectivity index (χ2n) is 6.87. The second-order valence-corrected chi connectivity index (χ2v) is 6.87. The van der Waals surface area contributed by atoms with E-state index in [1.165, 1.54) is 0 Å². The number of carbonyl (C=O) groups is 1. The van der Waals surface area contributed by atoms with Crippen molar-refractivity contribution in [3.8, 4) is 11.5 Å². The van der Waals surface area contributed by atoms with Crippen LogP contribution in [0.5, 0.6) is 11.5 Å². The van der Waals surface area contributed by atoms with Gasteiger partial charge in [-0.2, -0.15) is 0 Å². The van der Waals surface area contributed by atoms with Gasteiger partial charge in [0.2, 0.25) is 0 Å². The summed E-state index contributed by atoms with van der Waals surface area (Å²) in [4.78, 5) is 19.1. The van der Waals surface area contributed by atoms with Gasteiger partial charge in [-0.05, 0) is 81.3 Å². The van der Waals surface area contributed by atoms with E-state index < -0.39 is 0 Å². The molecule has 0 saturated carbocycles. The number of benzene rings is 2. The first-order chi connectivity index (χ1) is 13.0. The smallest absolute Gasteiger partial charge is 0.258 e. The van der Waals surface area contributed by atoms with E-state index in [1.807, 2.05) is 56.9 Å². The van der Waals surface area contributed by atoms with Crippen LogP contribution in [-0.4, -0.2) is 16.9 Å². The maximum atomic E-state index is 13.2. The lowest BCUT2D eigenvalue weighted by molar-refractivity contribution is 0.0980. The fourth-order valence-corrected chi connectivity index (χ4v) is 2.95. The highest BCUT2D eigenvalue weighted by molar-refractivity contribution is 6.07. The standard InChI is InChI=1S/C23H24N2O2/c1-16(2)25(22-14-17(3)7-8-18(22)4)23(26)19-9-11-20(12-10-19)27-21-6-5-13-24-15-21/h5-16H,1-4H3. The van der Waals surface area contributed by atoms with Gasteiger partial charge in [0, 0.05) is 23.5 Å². The van der Waals surface area contributed by atoms with E-state index >= 15 is 0 Å². The number of nitrogens with zero attached hydrogens (tertiary/aromatic N) is 2. The molecule has 3 aromatic rings. The summed E-state index contributed by atoms with van der Waals surface area (Å²) in [5.74, 6) is 1.31. The molecule has 0 bridgehead atoms. The Morgan fingerprint density at radius 3 is 2.37 bits per heavy atom. The van der Waals surface area contributed by atoms with E-state index in [1.54, 1.807) is 24.5 Å². The zero-order chi connectivity index (χ0) is 19.4. The van der Waals surface area contributed by atoms with Crippen LogP contribution in [0.2, 0.25) is 0 Å². The number of rotatable bonds is 5. The van der Waals surface area contributed by atoms with Crippen molar-refractivity contribution in [2.75, 3.05) is 4.90 Å². The monoisotopic (exact) mass is 360 g/mol. The third kappa shape index (κ3) is 4.34. The van der Waals surface area contributed by atoms with E-state index in [0.717, 1.165) is 16.8 Å². The first-order valence-corrected chi connectivity index (χ1v) is 9.04. The first kappa shape index (κ1) is 18.6. The predicted octanol–water partition coefficient (Wildman–Crippen LogP) is 5.55. The second kappa shape index (κ2) is 8.04. The van der Waals surface area contributed by atoms with Crippen molar-refractivity contribution in [1.29, 1.82) is 0 Å². The van der Waals surface area contributed by atoms with Crippen LogP contribution in [0.15, 0.2) is 67.0 Å². The van der Waals surface area contributed by atoms with Gasteiger partial charge in [0.25, 0.3) is 5.91 Å². The minimum Gasteiger partial charge on any atom is -0.456 e. The van der Waals surface area contributed by atoms with Crippen LogP contribution in [-0.2, 0) is 0 Å². The summed E-state index contributed by atoms with van der Waals surface area (Å²) >= 11 is 0. The Morgan fingerprint density at radius 1 is 1.00 bits per heavy atom. The molecule has 0 atom stereocenters. The quantitative estimate of drug-likeness (QED) is 0.599. The van der Waals surface area contributed by atoms with Crippen LogP contribution < -0.4 is 9.64 Å². The molecule has 138 valence electrons. The Kier molecular flexibility index (Phi) is 5.55. The van der Waals surface area contributed by atoms with Crippen molar-refractivity contribution >= 4 is 11.6 Å². The number of ether oxygens (including phenoxy) is 1. The fourth-order valence-electron chi connectivity index (χ4n) is 2.95. The summed E-state index contributed by atoms with van der Waals surface area (Å²) in [6.45, 7) is 8.12. The molecule has 4 nitrogen and oxygen atoms in total. The average molecular weight is 360 g/mol. The minimum absolute atomic E-state index is 0.0216. The molecule has 27 heavy (non-hydrogen) atoms. The lowest BCUT2D eigenvalue weighted by atomic mass is 10.1. The summed E-state index contributed by atoms with van der Waals surface area (Å²) in [6, 6.07) is 17.1. The number of pyridine rings is 1. The molecule has 0 aliphatic heterocycles. The summed E-state index contributed by atoms with van der Waals surface area (Å²) in [5.41, 5.74) is 3.79. The molecule has 3 rings (SSSR count). The summed E-state index contributed by atoms with van der Waals surface area (Å²) in [5, 5.41) is 0. The number of hydrogen-bond acceptors (Lipinski definition) is 3. The van der Waals surface area contributed by atoms with Crippen LogP contribution >= 0.6 is 0 Å². The molecule has 4 heteroatoms. The van der Waals surface area contributed by atoms with Crippen LogP contribution in [0.25, 0.3) is 0 Å². The summed E-state index contributed by atoms with van der Waals surface area (Å²) in [7, 11) is 0. The van der Waals surface area contributed by atoms with Crippen LogP contribution in [0.1, 0.15) is 35.3 Å². The number of aryl methyl sites for hydroxylation is 2. The van der Waals surface area contributed by atoms with Gasteiger partial charge in [0.15, 0.2) is 0 Å². The van der Waals surface area contributed by atoms with Crippen LogP contribution in [0.4, 0.5) is 5.69 Å². The molecule has 0 spiro atoms. The highest BCUT2D eigenvalue weighted by atomic mass is 16.5. The van der Waals surface area contributed by atoms with Crippen molar-refractivity contribution in [3.05, 3.63) is 83.7 Å². The molecule has 1 heterocycles. The van der Waals surface area contributed by atoms with Crippen molar-refractivity contribution in [2.24, 2.45) is 0 Å². The normalized spacial score (nSPS) is 10.7. The van der Waals surface area contributed by atoms with Crippen molar-refractivity contribution in [2.45, 2.75) is 33.7 Å². The number of amides is 1. The lowest BCUT2D eigenvalue weighted by Crippen LogP contribution is -2.37. The molecule has 1 aromatic heterocycles. The fraction of sp³-hybridized carbons (Fsp3) is 0.217. The van der Waals surface area contributed by atoms with E-state index in [2.05, 4.69) is 23.2 Å². The minimum atomic E-state index is -0.0216. The van der Waals surface area contributed by atoms with Gasteiger partial charge in [-0.1, -0.05) is 12.1 Å². The number of hydrogen-bond donors (Lipinski definition) is 0. The van der Waals surface area contributed by atoms with Gasteiger partial charge in [-0.15, -0.1) is 0 Å². The van der Waals surface area contributed by atoms with E-state index in [4.69, 9.17) is 4.74 Å². The maximum absolute atomic E-state index is 13.2. The molecule has 0 N–H and O–H groups in total. The average Bonchev–Trinajstić information content (AvgIpc) is 2.66. The van der Waals surface area contributed by atoms with Crippen molar-refractivity contribution < 1.29 is 9.53 Å². The highest BCUT2D eigenvalue weighted by Gasteiger charge is 2.22. The van der Waals surface area contributed by atoms with Gasteiger partial charge >= 0.3 is 0 Å². The van der Waals surface area contributed by atoms with Gasteiger partial charge in [0.05, 0.1) is 6.20 Å². The summed E-state index contributed by atoms with van der Waals surface area (Å²) < 4.78 is 5.75. The van der Waals surface area contributed by atoms with Crippen molar-refractivity contribution in [1.82, 2.24) is 4.98 Å². The lowest BCUT2D eigenvalue weighted by Gasteiger charge is -2.29. The maximum Gasteiger partial charge on any atom is 0.258 e. The predicted molar refractivity (Wildman–Crippen MR) is 109 cm³/mol. The zero-order valence-electron chi connectivity index (χ0n) is 16.1. The number of anilines is 1. The number of carbonyl (C=O) groups excluding carboxylic acids is 1. The molecular weight excluding hydrogens is 336 g/mol. The van der Waals surface area contributed by atoms with Gasteiger partial charge in [0.1, 0.15) is 11.5 Å². The third-order valence-corrected chi connectivity index (χ3v) is 4.33. The van der Waals surface area contributed by atoms with E-state index in [9.17, 15) is 4.79 Å². The largest absolute Gasteiger partial charge is 0.456 e. The zero-order valence-corrected chi connectivity index (χ0v) is 16.1. The molecule has 1 amide bonds. The molecule has 0 unspecified atom stereocenters. The Bertz CT molecular complexity index is 919. The molecule has 2 aromatic carbocycles. The van der Waals surface area contributed by atoms with E-state index in [0.29, 0.717) is 17.1 Å². The molecule has 0 radical (unpaired) electrons. The molecule has 0 aliphatic carbocycles. The molecular formula is C23H24N2O2. The van der Waals surface area contributed by atoms with Crippen LogP contribution in [0.3, 0.4) is 0 Å². The number of aromatic nitrogens is 1. The van der Waals surface area contributed by atoms with E-state index in [-0.39, 0.29) is 11.9 Å². The van der Waals surface area contributed by atoms with Crippen LogP contribution in [0, 0.1) is 13.8 Å². The Hall–Kier alpha value is -3.14. The molecule has 0 fully saturated rings. The molecule has 0 aliphatic rings. The molecule has 0 saturated heterocycles. The first-order valence-electron chi connectivity index (χ1n) is 9.04. The van der Waals surface area contributed by atoms with Crippen molar-refractivity contribution in [3.63, 3.8) is 0 Å². The van der Waals surface area contributed by atoms with Gasteiger partial charge in [-0.3, -0.25) is 9.78 Å². The topological polar surface area (TPSA) is 42.4 Å². The Balaban J connectivity index is 1.85. The Morgan fingerprint density at radius 2 is 1.74 bits per heavy atom. The van der Waals surface area contributed by atoms with Gasteiger partial charge < -0.3 is 9.64 Å².